The van der Waals surface area contributed by atoms with Gasteiger partial charge in [-0.25, -0.2) is 4.39 Å². The Morgan fingerprint density at radius 1 is 1.25 bits per heavy atom. The molecule has 1 aromatic heterocycles. The van der Waals surface area contributed by atoms with E-state index in [1.807, 2.05) is 17.9 Å². The van der Waals surface area contributed by atoms with E-state index in [2.05, 4.69) is 10.1 Å². The summed E-state index contributed by atoms with van der Waals surface area (Å²) in [6.07, 6.45) is 0. The second-order valence-corrected chi connectivity index (χ2v) is 6.88. The van der Waals surface area contributed by atoms with E-state index in [4.69, 9.17) is 4.52 Å². The molecule has 0 spiro atoms. The first-order chi connectivity index (χ1) is 11.6. The Labute approximate surface area is 144 Å². The van der Waals surface area contributed by atoms with E-state index in [1.54, 1.807) is 12.1 Å². The van der Waals surface area contributed by atoms with Gasteiger partial charge in [0.15, 0.2) is 5.76 Å². The number of hydrogen-bond donors (Lipinski definition) is 0. The van der Waals surface area contributed by atoms with Crippen molar-refractivity contribution in [2.24, 2.45) is 0 Å². The van der Waals surface area contributed by atoms with Gasteiger partial charge in [0.25, 0.3) is 0 Å². The van der Waals surface area contributed by atoms with Crippen LogP contribution in [0, 0.1) is 12.7 Å². The van der Waals surface area contributed by atoms with Crippen molar-refractivity contribution in [3.8, 4) is 0 Å². The number of benzene rings is 1. The lowest BCUT2D eigenvalue weighted by Crippen LogP contribution is -2.48. The van der Waals surface area contributed by atoms with E-state index < -0.39 is 0 Å². The Morgan fingerprint density at radius 2 is 1.96 bits per heavy atom. The number of rotatable bonds is 5. The van der Waals surface area contributed by atoms with E-state index in [9.17, 15) is 9.18 Å². The Bertz CT molecular complexity index is 681. The van der Waals surface area contributed by atoms with Crippen molar-refractivity contribution in [1.82, 2.24) is 15.0 Å². The van der Waals surface area contributed by atoms with Crippen LogP contribution in [0.5, 0.6) is 0 Å². The summed E-state index contributed by atoms with van der Waals surface area (Å²) in [5.74, 6) is 1.11. The van der Waals surface area contributed by atoms with E-state index in [0.717, 1.165) is 49.1 Å². The minimum atomic E-state index is -0.260. The molecule has 1 aliphatic heterocycles. The normalized spacial score (nSPS) is 15.7. The number of aromatic nitrogens is 1. The zero-order valence-corrected chi connectivity index (χ0v) is 14.4. The van der Waals surface area contributed by atoms with Gasteiger partial charge in [-0.2, -0.15) is 0 Å². The van der Waals surface area contributed by atoms with Gasteiger partial charge < -0.3 is 9.42 Å². The maximum absolute atomic E-state index is 12.9. The number of carbonyl (C=O) groups excluding carboxylic acids is 1. The number of nitrogens with zero attached hydrogens (tertiary/aromatic N) is 3. The first-order valence-corrected chi connectivity index (χ1v) is 8.89. The number of halogens is 1. The topological polar surface area (TPSA) is 49.6 Å². The highest BCUT2D eigenvalue weighted by molar-refractivity contribution is 8.00. The maximum Gasteiger partial charge on any atom is 0.233 e. The van der Waals surface area contributed by atoms with Gasteiger partial charge in [0.2, 0.25) is 5.91 Å². The third-order valence-corrected chi connectivity index (χ3v) is 4.95. The van der Waals surface area contributed by atoms with Gasteiger partial charge in [0, 0.05) is 37.1 Å². The quantitative estimate of drug-likeness (QED) is 0.777. The number of thioether (sulfide) groups is 1. The molecule has 1 amide bonds. The monoisotopic (exact) mass is 349 g/mol. The van der Waals surface area contributed by atoms with Gasteiger partial charge in [0.1, 0.15) is 5.82 Å². The van der Waals surface area contributed by atoms with E-state index in [1.165, 1.54) is 23.9 Å². The fraction of sp³-hybridized carbons (Fsp3) is 0.412. The summed E-state index contributed by atoms with van der Waals surface area (Å²) in [6.45, 7) is 5.72. The maximum atomic E-state index is 12.9. The fourth-order valence-corrected chi connectivity index (χ4v) is 3.44. The van der Waals surface area contributed by atoms with Crippen molar-refractivity contribution in [2.45, 2.75) is 18.4 Å². The lowest BCUT2D eigenvalue weighted by atomic mass is 10.3. The fourth-order valence-electron chi connectivity index (χ4n) is 2.63. The van der Waals surface area contributed by atoms with Crippen molar-refractivity contribution in [3.63, 3.8) is 0 Å². The summed E-state index contributed by atoms with van der Waals surface area (Å²) in [6, 6.07) is 8.17. The van der Waals surface area contributed by atoms with Crippen molar-refractivity contribution in [2.75, 3.05) is 31.9 Å². The molecule has 0 bridgehead atoms. The average molecular weight is 349 g/mol. The molecule has 0 aliphatic carbocycles. The van der Waals surface area contributed by atoms with Crippen LogP contribution >= 0.6 is 11.8 Å². The molecule has 0 radical (unpaired) electrons. The van der Waals surface area contributed by atoms with Gasteiger partial charge in [-0.3, -0.25) is 9.69 Å². The van der Waals surface area contributed by atoms with E-state index in [0.29, 0.717) is 5.75 Å². The molecule has 0 saturated carbocycles. The predicted octanol–water partition coefficient (Wildman–Crippen LogP) is 2.56. The van der Waals surface area contributed by atoms with Crippen molar-refractivity contribution in [1.29, 1.82) is 0 Å². The van der Waals surface area contributed by atoms with Crippen LogP contribution in [-0.4, -0.2) is 52.8 Å². The van der Waals surface area contributed by atoms with Crippen molar-refractivity contribution >= 4 is 17.7 Å². The highest BCUT2D eigenvalue weighted by Crippen LogP contribution is 2.19. The highest BCUT2D eigenvalue weighted by atomic mass is 32.2. The number of aryl methyl sites for hydroxylation is 1. The highest BCUT2D eigenvalue weighted by Gasteiger charge is 2.21. The summed E-state index contributed by atoms with van der Waals surface area (Å²) >= 11 is 1.44. The lowest BCUT2D eigenvalue weighted by Gasteiger charge is -2.34. The number of carbonyl (C=O) groups is 1. The molecule has 7 heteroatoms. The zero-order valence-electron chi connectivity index (χ0n) is 13.6. The lowest BCUT2D eigenvalue weighted by molar-refractivity contribution is -0.130. The minimum absolute atomic E-state index is 0.125. The molecule has 2 aromatic rings. The number of hydrogen-bond acceptors (Lipinski definition) is 5. The van der Waals surface area contributed by atoms with Crippen LogP contribution in [-0.2, 0) is 11.3 Å². The molecule has 1 saturated heterocycles. The van der Waals surface area contributed by atoms with Crippen LogP contribution in [0.15, 0.2) is 39.8 Å². The number of amides is 1. The Kier molecular flexibility index (Phi) is 5.52. The SMILES string of the molecule is Cc1cc(CN2CCN(C(=O)CSc3ccc(F)cc3)CC2)on1. The molecular formula is C17H20FN3O2S. The summed E-state index contributed by atoms with van der Waals surface area (Å²) < 4.78 is 18.1. The molecule has 128 valence electrons. The Morgan fingerprint density at radius 3 is 2.58 bits per heavy atom. The smallest absolute Gasteiger partial charge is 0.233 e. The van der Waals surface area contributed by atoms with Crippen molar-refractivity contribution < 1.29 is 13.7 Å². The van der Waals surface area contributed by atoms with Gasteiger partial charge in [0.05, 0.1) is 18.0 Å². The molecule has 0 N–H and O–H groups in total. The van der Waals surface area contributed by atoms with E-state index >= 15 is 0 Å². The van der Waals surface area contributed by atoms with Crippen LogP contribution in [0.2, 0.25) is 0 Å². The van der Waals surface area contributed by atoms with Gasteiger partial charge in [-0.15, -0.1) is 11.8 Å². The van der Waals surface area contributed by atoms with E-state index in [-0.39, 0.29) is 11.7 Å². The van der Waals surface area contributed by atoms with Crippen LogP contribution < -0.4 is 0 Å². The largest absolute Gasteiger partial charge is 0.360 e. The van der Waals surface area contributed by atoms with Gasteiger partial charge in [-0.05, 0) is 31.2 Å². The predicted molar refractivity (Wildman–Crippen MR) is 90.2 cm³/mol. The molecule has 24 heavy (non-hydrogen) atoms. The molecule has 1 aromatic carbocycles. The first kappa shape index (κ1) is 17.0. The standard InChI is InChI=1S/C17H20FN3O2S/c1-13-10-15(23-19-13)11-20-6-8-21(9-7-20)17(22)12-24-16-4-2-14(18)3-5-16/h2-5,10H,6-9,11-12H2,1H3. The molecule has 3 rings (SSSR count). The average Bonchev–Trinajstić information content (AvgIpc) is 2.99. The van der Waals surface area contributed by atoms with Crippen molar-refractivity contribution in [3.05, 3.63) is 47.6 Å². The Balaban J connectivity index is 1.42. The number of piperazine rings is 1. The summed E-state index contributed by atoms with van der Waals surface area (Å²) in [7, 11) is 0. The van der Waals surface area contributed by atoms with Crippen LogP contribution in [0.4, 0.5) is 4.39 Å². The zero-order chi connectivity index (χ0) is 16.9. The molecule has 5 nitrogen and oxygen atoms in total. The van der Waals surface area contributed by atoms with Crippen LogP contribution in [0.25, 0.3) is 0 Å². The van der Waals surface area contributed by atoms with Gasteiger partial charge >= 0.3 is 0 Å². The second kappa shape index (κ2) is 7.81. The molecule has 2 heterocycles. The van der Waals surface area contributed by atoms with Crippen LogP contribution in [0.1, 0.15) is 11.5 Å². The molecular weight excluding hydrogens is 329 g/mol. The molecule has 0 atom stereocenters. The van der Waals surface area contributed by atoms with Gasteiger partial charge in [-0.1, -0.05) is 5.16 Å². The summed E-state index contributed by atoms with van der Waals surface area (Å²) in [5.41, 5.74) is 0.886. The second-order valence-electron chi connectivity index (χ2n) is 5.83. The first-order valence-electron chi connectivity index (χ1n) is 7.91. The molecule has 1 aliphatic rings. The summed E-state index contributed by atoms with van der Waals surface area (Å²) in [5, 5.41) is 3.89. The minimum Gasteiger partial charge on any atom is -0.360 e. The third-order valence-electron chi connectivity index (χ3n) is 3.96. The summed E-state index contributed by atoms with van der Waals surface area (Å²) in [4.78, 5) is 17.3. The third kappa shape index (κ3) is 4.58. The van der Waals surface area contributed by atoms with Crippen LogP contribution in [0.3, 0.4) is 0 Å². The Hall–Kier alpha value is -1.86. The molecule has 0 unspecified atom stereocenters. The molecule has 1 fully saturated rings.